The third kappa shape index (κ3) is 3.33. The summed E-state index contributed by atoms with van der Waals surface area (Å²) in [6.45, 7) is 0. The van der Waals surface area contributed by atoms with Gasteiger partial charge in [0, 0.05) is 30.1 Å². The lowest BCUT2D eigenvalue weighted by Gasteiger charge is -2.23. The Morgan fingerprint density at radius 1 is 1.33 bits per heavy atom. The summed E-state index contributed by atoms with van der Waals surface area (Å²) < 4.78 is 16.3. The van der Waals surface area contributed by atoms with Crippen LogP contribution < -0.4 is 5.32 Å². The molecule has 1 aliphatic rings. The third-order valence-corrected chi connectivity index (χ3v) is 6.22. The topological polar surface area (TPSA) is 71.4 Å². The molecule has 24 heavy (non-hydrogen) atoms. The average molecular weight is 343 g/mol. The molecule has 0 saturated carbocycles. The van der Waals surface area contributed by atoms with Crippen molar-refractivity contribution in [2.45, 2.75) is 30.1 Å². The fourth-order valence-electron chi connectivity index (χ4n) is 3.01. The van der Waals surface area contributed by atoms with Crippen LogP contribution in [0.25, 0.3) is 0 Å². The molecule has 0 fully saturated rings. The Bertz CT molecular complexity index is 885. The Morgan fingerprint density at radius 2 is 2.17 bits per heavy atom. The van der Waals surface area contributed by atoms with E-state index in [1.165, 1.54) is 7.05 Å². The average Bonchev–Trinajstić information content (AvgIpc) is 2.61. The van der Waals surface area contributed by atoms with Gasteiger partial charge in [0.1, 0.15) is 0 Å². The minimum atomic E-state index is -2.42. The predicted molar refractivity (Wildman–Crippen MR) is 95.7 cm³/mol. The van der Waals surface area contributed by atoms with Gasteiger partial charge in [0.25, 0.3) is 0 Å². The number of pyridine rings is 1. The highest BCUT2D eigenvalue weighted by Gasteiger charge is 2.27. The van der Waals surface area contributed by atoms with Crippen molar-refractivity contribution in [1.82, 2.24) is 4.98 Å². The van der Waals surface area contributed by atoms with E-state index in [-0.39, 0.29) is 11.8 Å². The van der Waals surface area contributed by atoms with Crippen molar-refractivity contribution in [2.75, 3.05) is 18.6 Å². The first-order valence-corrected chi connectivity index (χ1v) is 9.88. The van der Waals surface area contributed by atoms with E-state index in [0.29, 0.717) is 10.6 Å². The molecule has 0 saturated heterocycles. The van der Waals surface area contributed by atoms with E-state index in [2.05, 4.69) is 14.7 Å². The lowest BCUT2D eigenvalue weighted by Crippen LogP contribution is -2.25. The van der Waals surface area contributed by atoms with Crippen LogP contribution in [0, 0.1) is 0 Å². The standard InChI is InChI=1S/C18H21N3O2S/c1-19-24(2,23)15-9-4-8-14(12-15)21-18(22)16-10-3-6-13-7-5-11-20-17(13)16/h4-5,7-9,11-12,16H,3,6,10H2,1-2H3,(H,21,22). The van der Waals surface area contributed by atoms with Crippen LogP contribution in [0.15, 0.2) is 51.9 Å². The minimum absolute atomic E-state index is 0.0668. The first kappa shape index (κ1) is 16.6. The van der Waals surface area contributed by atoms with Gasteiger partial charge in [-0.05, 0) is 49.1 Å². The molecule has 0 radical (unpaired) electrons. The highest BCUT2D eigenvalue weighted by molar-refractivity contribution is 7.93. The van der Waals surface area contributed by atoms with Crippen molar-refractivity contribution in [1.29, 1.82) is 0 Å². The molecule has 2 atom stereocenters. The largest absolute Gasteiger partial charge is 0.325 e. The van der Waals surface area contributed by atoms with Crippen LogP contribution in [-0.2, 0) is 20.9 Å². The number of carbonyl (C=O) groups is 1. The van der Waals surface area contributed by atoms with Gasteiger partial charge in [-0.1, -0.05) is 12.1 Å². The molecule has 6 heteroatoms. The number of aromatic nitrogens is 1. The van der Waals surface area contributed by atoms with Crippen LogP contribution in [0.3, 0.4) is 0 Å². The maximum Gasteiger partial charge on any atom is 0.233 e. The zero-order chi connectivity index (χ0) is 17.2. The van der Waals surface area contributed by atoms with Crippen molar-refractivity contribution < 1.29 is 9.00 Å². The number of nitrogens with zero attached hydrogens (tertiary/aromatic N) is 2. The van der Waals surface area contributed by atoms with E-state index in [1.807, 2.05) is 12.1 Å². The molecule has 1 amide bonds. The van der Waals surface area contributed by atoms with Crippen LogP contribution in [-0.4, -0.2) is 28.4 Å². The number of aryl methyl sites for hydroxylation is 1. The van der Waals surface area contributed by atoms with E-state index >= 15 is 0 Å². The second-order valence-corrected chi connectivity index (χ2v) is 8.44. The van der Waals surface area contributed by atoms with Gasteiger partial charge in [-0.15, -0.1) is 0 Å². The molecule has 1 aromatic heterocycles. The Morgan fingerprint density at radius 3 is 2.96 bits per heavy atom. The first-order chi connectivity index (χ1) is 11.5. The van der Waals surface area contributed by atoms with Crippen LogP contribution in [0.5, 0.6) is 0 Å². The molecule has 126 valence electrons. The predicted octanol–water partition coefficient (Wildman–Crippen LogP) is 3.23. The number of nitrogens with one attached hydrogen (secondary N) is 1. The number of hydrogen-bond donors (Lipinski definition) is 1. The fourth-order valence-corrected chi connectivity index (χ4v) is 3.90. The Hall–Kier alpha value is -2.21. The number of hydrogen-bond acceptors (Lipinski definition) is 4. The second-order valence-electron chi connectivity index (χ2n) is 5.99. The Balaban J connectivity index is 1.84. The van der Waals surface area contributed by atoms with Crippen molar-refractivity contribution >= 4 is 21.3 Å². The maximum atomic E-state index is 12.7. The van der Waals surface area contributed by atoms with E-state index in [1.54, 1.807) is 36.7 Å². The van der Waals surface area contributed by atoms with Gasteiger partial charge >= 0.3 is 0 Å². The molecule has 1 aromatic carbocycles. The van der Waals surface area contributed by atoms with E-state index < -0.39 is 9.73 Å². The number of carbonyl (C=O) groups excluding carboxylic acids is 1. The molecule has 1 aliphatic carbocycles. The molecule has 2 unspecified atom stereocenters. The molecule has 5 nitrogen and oxygen atoms in total. The van der Waals surface area contributed by atoms with Crippen molar-refractivity contribution in [3.63, 3.8) is 0 Å². The monoisotopic (exact) mass is 343 g/mol. The van der Waals surface area contributed by atoms with Crippen LogP contribution in [0.4, 0.5) is 5.69 Å². The lowest BCUT2D eigenvalue weighted by atomic mass is 9.86. The molecule has 0 bridgehead atoms. The molecule has 0 spiro atoms. The number of fused-ring (bicyclic) bond motifs is 1. The first-order valence-electron chi connectivity index (χ1n) is 7.96. The summed E-state index contributed by atoms with van der Waals surface area (Å²) in [6, 6.07) is 11.0. The zero-order valence-electron chi connectivity index (χ0n) is 13.9. The summed E-state index contributed by atoms with van der Waals surface area (Å²) >= 11 is 0. The summed E-state index contributed by atoms with van der Waals surface area (Å²) in [6.07, 6.45) is 6.08. The Labute approximate surface area is 142 Å². The van der Waals surface area contributed by atoms with Gasteiger partial charge in [0.05, 0.1) is 21.3 Å². The van der Waals surface area contributed by atoms with Gasteiger partial charge in [-0.3, -0.25) is 9.78 Å². The summed E-state index contributed by atoms with van der Waals surface area (Å²) in [5.74, 6) is -0.303. The zero-order valence-corrected chi connectivity index (χ0v) is 14.7. The number of benzene rings is 1. The van der Waals surface area contributed by atoms with E-state index in [4.69, 9.17) is 0 Å². The molecule has 1 N–H and O–H groups in total. The van der Waals surface area contributed by atoms with Crippen molar-refractivity contribution in [2.24, 2.45) is 4.36 Å². The van der Waals surface area contributed by atoms with Gasteiger partial charge in [-0.25, -0.2) is 8.57 Å². The third-order valence-electron chi connectivity index (χ3n) is 4.40. The van der Waals surface area contributed by atoms with Gasteiger partial charge in [0.2, 0.25) is 5.91 Å². The summed E-state index contributed by atoms with van der Waals surface area (Å²) in [4.78, 5) is 17.7. The summed E-state index contributed by atoms with van der Waals surface area (Å²) in [7, 11) is -0.879. The van der Waals surface area contributed by atoms with E-state index in [0.717, 1.165) is 30.5 Å². The number of rotatable bonds is 3. The number of amides is 1. The summed E-state index contributed by atoms with van der Waals surface area (Å²) in [5, 5.41) is 2.94. The molecule has 0 aliphatic heterocycles. The highest BCUT2D eigenvalue weighted by atomic mass is 32.2. The normalized spacial score (nSPS) is 19.0. The van der Waals surface area contributed by atoms with Crippen molar-refractivity contribution in [3.8, 4) is 0 Å². The molecule has 2 aromatic rings. The molecule has 3 rings (SSSR count). The molecular formula is C18H21N3O2S. The second kappa shape index (κ2) is 6.73. The molecular weight excluding hydrogens is 322 g/mol. The Kier molecular flexibility index (Phi) is 4.66. The van der Waals surface area contributed by atoms with Gasteiger partial charge in [0.15, 0.2) is 0 Å². The molecule has 1 heterocycles. The van der Waals surface area contributed by atoms with Gasteiger partial charge < -0.3 is 5.32 Å². The van der Waals surface area contributed by atoms with Crippen LogP contribution >= 0.6 is 0 Å². The number of anilines is 1. The van der Waals surface area contributed by atoms with Crippen LogP contribution in [0.1, 0.15) is 30.0 Å². The van der Waals surface area contributed by atoms with Crippen molar-refractivity contribution in [3.05, 3.63) is 53.9 Å². The van der Waals surface area contributed by atoms with Gasteiger partial charge in [-0.2, -0.15) is 0 Å². The summed E-state index contributed by atoms with van der Waals surface area (Å²) in [5.41, 5.74) is 2.66. The highest BCUT2D eigenvalue weighted by Crippen LogP contribution is 2.31. The quantitative estimate of drug-likeness (QED) is 0.930. The smallest absolute Gasteiger partial charge is 0.233 e. The SMILES string of the molecule is CN=S(C)(=O)c1cccc(NC(=O)C2CCCc3cccnc32)c1. The lowest BCUT2D eigenvalue weighted by molar-refractivity contribution is -0.118. The minimum Gasteiger partial charge on any atom is -0.325 e. The van der Waals surface area contributed by atoms with E-state index in [9.17, 15) is 9.00 Å². The van der Waals surface area contributed by atoms with Crippen LogP contribution in [0.2, 0.25) is 0 Å². The maximum absolute atomic E-state index is 12.7. The fraction of sp³-hybridized carbons (Fsp3) is 0.333.